The van der Waals surface area contributed by atoms with Crippen LogP contribution < -0.4 is 10.9 Å². The van der Waals surface area contributed by atoms with Gasteiger partial charge in [-0.25, -0.2) is 17.2 Å². The molecule has 0 fully saturated rings. The Balaban J connectivity index is 1.46. The maximum atomic E-state index is 13.8. The van der Waals surface area contributed by atoms with Crippen LogP contribution in [0.4, 0.5) is 13.2 Å². The summed E-state index contributed by atoms with van der Waals surface area (Å²) in [6.07, 6.45) is -5.08. The first kappa shape index (κ1) is 31.3. The number of nitrogens with zero attached hydrogens (tertiary/aromatic N) is 2. The number of amides is 1. The maximum Gasteiger partial charge on any atom is 0.417 e. The van der Waals surface area contributed by atoms with Gasteiger partial charge in [-0.05, 0) is 48.4 Å². The van der Waals surface area contributed by atoms with Gasteiger partial charge in [-0.3, -0.25) is 9.59 Å². The Morgan fingerprint density at radius 1 is 0.933 bits per heavy atom. The van der Waals surface area contributed by atoms with E-state index in [1.54, 1.807) is 24.3 Å². The molecule has 1 atom stereocenters. The lowest BCUT2D eigenvalue weighted by molar-refractivity contribution is -0.139. The van der Waals surface area contributed by atoms with Gasteiger partial charge in [-0.1, -0.05) is 60.7 Å². The predicted molar refractivity (Wildman–Crippen MR) is 160 cm³/mol. The molecule has 2 N–H and O–H groups in total. The monoisotopic (exact) mass is 637 g/mol. The number of benzene rings is 3. The first-order chi connectivity index (χ1) is 21.2. The number of hydrogen-bond donors (Lipinski definition) is 2. The summed E-state index contributed by atoms with van der Waals surface area (Å²) < 4.78 is 70.6. The van der Waals surface area contributed by atoms with Gasteiger partial charge in [0.25, 0.3) is 21.5 Å². The minimum absolute atomic E-state index is 0.0155. The van der Waals surface area contributed by atoms with E-state index in [2.05, 4.69) is 5.32 Å². The van der Waals surface area contributed by atoms with E-state index in [9.17, 15) is 41.1 Å². The summed E-state index contributed by atoms with van der Waals surface area (Å²) in [4.78, 5) is 38.4. The molecule has 0 bridgehead atoms. The Hall–Kier alpha value is -5.17. The van der Waals surface area contributed by atoms with E-state index < -0.39 is 50.8 Å². The van der Waals surface area contributed by atoms with E-state index in [4.69, 9.17) is 0 Å². The molecule has 45 heavy (non-hydrogen) atoms. The Bertz CT molecular complexity index is 2100. The first-order valence-electron chi connectivity index (χ1n) is 13.5. The Morgan fingerprint density at radius 2 is 1.56 bits per heavy atom. The molecule has 9 nitrogen and oxygen atoms in total. The topological polar surface area (TPSA) is 127 Å². The molecular weight excluding hydrogens is 611 g/mol. The van der Waals surface area contributed by atoms with Gasteiger partial charge in [0.15, 0.2) is 0 Å². The number of fused-ring (bicyclic) bond motifs is 1. The molecule has 5 rings (SSSR count). The third kappa shape index (κ3) is 5.98. The maximum absolute atomic E-state index is 13.8. The molecule has 1 amide bonds. The lowest BCUT2D eigenvalue weighted by atomic mass is 9.97. The minimum Gasteiger partial charge on any atom is -0.480 e. The molecule has 0 saturated heterocycles. The number of aryl methyl sites for hydroxylation is 1. The number of pyridine rings is 1. The summed E-state index contributed by atoms with van der Waals surface area (Å²) >= 11 is 0. The second kappa shape index (κ2) is 11.7. The number of alkyl halides is 3. The van der Waals surface area contributed by atoms with Crippen molar-refractivity contribution >= 4 is 32.8 Å². The number of para-hydroxylation sites is 1. The van der Waals surface area contributed by atoms with Crippen molar-refractivity contribution in [3.05, 3.63) is 124 Å². The van der Waals surface area contributed by atoms with E-state index in [0.29, 0.717) is 10.9 Å². The normalized spacial score (nSPS) is 12.6. The van der Waals surface area contributed by atoms with Gasteiger partial charge in [0.05, 0.1) is 21.5 Å². The molecule has 0 aliphatic rings. The standard InChI is InChI=1S/C32H26F3N3O6S/c1-19-16-24(32(33,34)35)28(30(40)37(19)2)21-14-12-20(13-15-21)17-25(31(41)42)36-29(39)27-18-22-8-6-7-11-26(22)38(27)45(43,44)23-9-4-3-5-10-23/h3-16,18,25H,17H2,1-2H3,(H,36,39)(H,41,42)/t25-/m0/s1. The van der Waals surface area contributed by atoms with Crippen molar-refractivity contribution in [1.82, 2.24) is 13.9 Å². The number of carbonyl (C=O) groups excluding carboxylic acids is 1. The Labute approximate surface area is 255 Å². The molecule has 5 aromatic rings. The zero-order valence-electron chi connectivity index (χ0n) is 23.9. The second-order valence-electron chi connectivity index (χ2n) is 10.4. The number of aliphatic carboxylic acids is 1. The lowest BCUT2D eigenvalue weighted by Crippen LogP contribution is -2.43. The van der Waals surface area contributed by atoms with Crippen molar-refractivity contribution in [1.29, 1.82) is 0 Å². The number of nitrogens with one attached hydrogen (secondary N) is 1. The molecule has 0 spiro atoms. The fourth-order valence-corrected chi connectivity index (χ4v) is 6.58. The molecule has 2 aromatic heterocycles. The van der Waals surface area contributed by atoms with Gasteiger partial charge in [0.1, 0.15) is 11.7 Å². The minimum atomic E-state index is -4.79. The van der Waals surface area contributed by atoms with Crippen molar-refractivity contribution in [3.8, 4) is 11.1 Å². The van der Waals surface area contributed by atoms with Gasteiger partial charge in [0.2, 0.25) is 0 Å². The summed E-state index contributed by atoms with van der Waals surface area (Å²) in [5.41, 5.74) is -2.12. The van der Waals surface area contributed by atoms with Crippen LogP contribution in [0.25, 0.3) is 22.0 Å². The number of carboxylic acid groups (broad SMARTS) is 1. The van der Waals surface area contributed by atoms with E-state index in [-0.39, 0.29) is 33.8 Å². The molecule has 3 aromatic carbocycles. The van der Waals surface area contributed by atoms with Crippen LogP contribution in [0.5, 0.6) is 0 Å². The third-order valence-electron chi connectivity index (χ3n) is 7.44. The number of aromatic nitrogens is 2. The molecule has 0 unspecified atom stereocenters. The van der Waals surface area contributed by atoms with Gasteiger partial charge >= 0.3 is 12.1 Å². The molecular formula is C32H26F3N3O6S. The quantitative estimate of drug-likeness (QED) is 0.247. The van der Waals surface area contributed by atoms with E-state index in [0.717, 1.165) is 14.6 Å². The van der Waals surface area contributed by atoms with E-state index >= 15 is 0 Å². The fourth-order valence-electron chi connectivity index (χ4n) is 5.04. The highest BCUT2D eigenvalue weighted by molar-refractivity contribution is 7.90. The van der Waals surface area contributed by atoms with Crippen LogP contribution in [0.1, 0.15) is 27.3 Å². The number of halogens is 3. The van der Waals surface area contributed by atoms with Crippen molar-refractivity contribution in [2.45, 2.75) is 30.5 Å². The smallest absolute Gasteiger partial charge is 0.417 e. The van der Waals surface area contributed by atoms with Crippen molar-refractivity contribution in [2.75, 3.05) is 0 Å². The van der Waals surface area contributed by atoms with Crippen LogP contribution >= 0.6 is 0 Å². The van der Waals surface area contributed by atoms with Crippen LogP contribution in [0.2, 0.25) is 0 Å². The van der Waals surface area contributed by atoms with Gasteiger partial charge in [-0.15, -0.1) is 0 Å². The Morgan fingerprint density at radius 3 is 2.18 bits per heavy atom. The zero-order chi connectivity index (χ0) is 32.7. The molecule has 0 aliphatic heterocycles. The van der Waals surface area contributed by atoms with Crippen LogP contribution in [0.15, 0.2) is 101 Å². The number of hydrogen-bond acceptors (Lipinski definition) is 5. The Kier molecular flexibility index (Phi) is 8.15. The molecule has 232 valence electrons. The second-order valence-corrected chi connectivity index (χ2v) is 12.2. The fraction of sp³-hybridized carbons (Fsp3) is 0.156. The van der Waals surface area contributed by atoms with Crippen molar-refractivity contribution in [3.63, 3.8) is 0 Å². The van der Waals surface area contributed by atoms with E-state index in [1.807, 2.05) is 0 Å². The number of carboxylic acids is 1. The molecule has 0 radical (unpaired) electrons. The average Bonchev–Trinajstić information content (AvgIpc) is 3.41. The van der Waals surface area contributed by atoms with Crippen LogP contribution in [0, 0.1) is 6.92 Å². The highest BCUT2D eigenvalue weighted by atomic mass is 32.2. The first-order valence-corrected chi connectivity index (χ1v) is 15.0. The van der Waals surface area contributed by atoms with Crippen LogP contribution in [-0.2, 0) is 34.5 Å². The van der Waals surface area contributed by atoms with Gasteiger partial charge < -0.3 is 15.0 Å². The van der Waals surface area contributed by atoms with Crippen LogP contribution in [-0.4, -0.2) is 40.0 Å². The lowest BCUT2D eigenvalue weighted by Gasteiger charge is -2.18. The molecule has 0 saturated carbocycles. The summed E-state index contributed by atoms with van der Waals surface area (Å²) in [5.74, 6) is -2.39. The van der Waals surface area contributed by atoms with Crippen LogP contribution in [0.3, 0.4) is 0 Å². The van der Waals surface area contributed by atoms with E-state index in [1.165, 1.54) is 74.6 Å². The molecule has 2 heterocycles. The van der Waals surface area contributed by atoms with Crippen molar-refractivity contribution in [2.24, 2.45) is 7.05 Å². The van der Waals surface area contributed by atoms with Gasteiger partial charge in [-0.2, -0.15) is 13.2 Å². The third-order valence-corrected chi connectivity index (χ3v) is 9.18. The zero-order valence-corrected chi connectivity index (χ0v) is 24.7. The molecule has 13 heteroatoms. The SMILES string of the molecule is Cc1cc(C(F)(F)F)c(-c2ccc(C[C@H](NC(=O)c3cc4ccccc4n3S(=O)(=O)c3ccccc3)C(=O)O)cc2)c(=O)n1C. The van der Waals surface area contributed by atoms with Crippen molar-refractivity contribution < 1.29 is 36.3 Å². The number of rotatable bonds is 8. The summed E-state index contributed by atoms with van der Waals surface area (Å²) in [6, 6.07) is 19.9. The molecule has 0 aliphatic carbocycles. The number of carbonyl (C=O) groups is 2. The summed E-state index contributed by atoms with van der Waals surface area (Å²) in [5, 5.41) is 12.7. The largest absolute Gasteiger partial charge is 0.480 e. The highest BCUT2D eigenvalue weighted by Gasteiger charge is 2.36. The highest BCUT2D eigenvalue weighted by Crippen LogP contribution is 2.36. The predicted octanol–water partition coefficient (Wildman–Crippen LogP) is 5.00. The summed E-state index contributed by atoms with van der Waals surface area (Å²) in [7, 11) is -2.90. The average molecular weight is 638 g/mol. The summed E-state index contributed by atoms with van der Waals surface area (Å²) in [6.45, 7) is 1.39. The van der Waals surface area contributed by atoms with Gasteiger partial charge in [0, 0.05) is 24.5 Å².